The Morgan fingerprint density at radius 1 is 0.574 bits per heavy atom. The van der Waals surface area contributed by atoms with Crippen LogP contribution < -0.4 is 24.8 Å². The summed E-state index contributed by atoms with van der Waals surface area (Å²) in [6, 6.07) is 22.1. The highest BCUT2D eigenvalue weighted by atomic mass is 19.4. The van der Waals surface area contributed by atoms with Crippen LogP contribution in [0.4, 0.5) is 44.3 Å². The van der Waals surface area contributed by atoms with Gasteiger partial charge in [-0.2, -0.15) is 0 Å². The zero-order chi connectivity index (χ0) is 34.3. The fraction of sp³-hybridized carbons (Fsp3) is 0.219. The van der Waals surface area contributed by atoms with Crippen LogP contribution in [0.15, 0.2) is 103 Å². The van der Waals surface area contributed by atoms with Crippen molar-refractivity contribution in [1.29, 1.82) is 0 Å². The van der Waals surface area contributed by atoms with Gasteiger partial charge >= 0.3 is 25.1 Å². The van der Waals surface area contributed by atoms with Crippen molar-refractivity contribution in [2.24, 2.45) is 0 Å². The predicted molar refractivity (Wildman–Crippen MR) is 151 cm³/mol. The third-order valence-electron chi connectivity index (χ3n) is 6.78. The second-order valence-electron chi connectivity index (χ2n) is 10.1. The summed E-state index contributed by atoms with van der Waals surface area (Å²) in [6.45, 7) is -0.840. The van der Waals surface area contributed by atoms with E-state index in [1.165, 1.54) is 42.5 Å². The summed E-state index contributed by atoms with van der Waals surface area (Å²) in [5, 5.41) is 4.98. The van der Waals surface area contributed by atoms with Gasteiger partial charge < -0.3 is 24.8 Å². The summed E-state index contributed by atoms with van der Waals surface area (Å²) in [4.78, 5) is 13.1. The largest absolute Gasteiger partial charge is 0.573 e. The van der Waals surface area contributed by atoms with Gasteiger partial charge in [-0.25, -0.2) is 4.79 Å². The standard InChI is InChI=1S/C32H25F9N2O4/c33-30(34,35)45-25-13-6-11-23(16-25)29(18-21-8-2-1-3-9-21,24-12-7-14-26(17-24)46-31(36,37)38)20-43-28(44)42-19-22-10-4-5-15-27(22)47-32(39,40)41/h1-17H,18-20H2,(H2,42,43,44). The predicted octanol–water partition coefficient (Wildman–Crippen LogP) is 8.41. The van der Waals surface area contributed by atoms with Gasteiger partial charge in [-0.1, -0.05) is 72.8 Å². The first-order chi connectivity index (χ1) is 22.0. The van der Waals surface area contributed by atoms with E-state index < -0.39 is 60.9 Å². The average molecular weight is 673 g/mol. The molecule has 2 N–H and O–H groups in total. The highest BCUT2D eigenvalue weighted by Crippen LogP contribution is 2.40. The van der Waals surface area contributed by atoms with E-state index in [1.807, 2.05) is 0 Å². The Bertz CT molecular complexity index is 1580. The molecule has 0 fully saturated rings. The number of carbonyl (C=O) groups is 1. The first-order valence-corrected chi connectivity index (χ1v) is 13.6. The number of hydrogen-bond acceptors (Lipinski definition) is 4. The van der Waals surface area contributed by atoms with E-state index in [-0.39, 0.29) is 23.1 Å². The number of nitrogens with one attached hydrogen (secondary N) is 2. The maximum Gasteiger partial charge on any atom is 0.573 e. The van der Waals surface area contributed by atoms with Gasteiger partial charge in [0.25, 0.3) is 0 Å². The van der Waals surface area contributed by atoms with Gasteiger partial charge in [0, 0.05) is 24.1 Å². The van der Waals surface area contributed by atoms with Gasteiger partial charge in [0.05, 0.1) is 0 Å². The number of urea groups is 1. The summed E-state index contributed by atoms with van der Waals surface area (Å²) in [5.74, 6) is -1.80. The van der Waals surface area contributed by atoms with Gasteiger partial charge in [0.1, 0.15) is 17.2 Å². The maximum atomic E-state index is 13.2. The summed E-state index contributed by atoms with van der Waals surface area (Å²) < 4.78 is 130. The van der Waals surface area contributed by atoms with Crippen LogP contribution in [0.3, 0.4) is 0 Å². The van der Waals surface area contributed by atoms with Crippen molar-refractivity contribution in [3.05, 3.63) is 125 Å². The number of alkyl halides is 9. The van der Waals surface area contributed by atoms with Crippen molar-refractivity contribution in [3.63, 3.8) is 0 Å². The summed E-state index contributed by atoms with van der Waals surface area (Å²) in [5.41, 5.74) is -0.735. The van der Waals surface area contributed by atoms with Gasteiger partial charge in [-0.15, -0.1) is 39.5 Å². The van der Waals surface area contributed by atoms with E-state index >= 15 is 0 Å². The smallest absolute Gasteiger partial charge is 0.406 e. The van der Waals surface area contributed by atoms with Gasteiger partial charge in [-0.05, 0) is 53.4 Å². The SMILES string of the molecule is O=C(NCc1ccccc1OC(F)(F)F)NCC(Cc1ccccc1)(c1cccc(OC(F)(F)F)c1)c1cccc(OC(F)(F)F)c1. The maximum absolute atomic E-state index is 13.2. The fourth-order valence-electron chi connectivity index (χ4n) is 4.91. The second-order valence-corrected chi connectivity index (χ2v) is 10.1. The fourth-order valence-corrected chi connectivity index (χ4v) is 4.91. The molecule has 0 atom stereocenters. The Morgan fingerprint density at radius 3 is 1.62 bits per heavy atom. The Hall–Kier alpha value is -5.08. The quantitative estimate of drug-likeness (QED) is 0.157. The molecular weight excluding hydrogens is 647 g/mol. The van der Waals surface area contributed by atoms with Crippen molar-refractivity contribution in [2.45, 2.75) is 37.5 Å². The van der Waals surface area contributed by atoms with Gasteiger partial charge in [0.2, 0.25) is 0 Å². The molecule has 2 amide bonds. The van der Waals surface area contributed by atoms with Crippen LogP contribution in [-0.4, -0.2) is 31.7 Å². The van der Waals surface area contributed by atoms with Crippen molar-refractivity contribution in [3.8, 4) is 17.2 Å². The van der Waals surface area contributed by atoms with Crippen LogP contribution in [0, 0.1) is 0 Å². The Kier molecular flexibility index (Phi) is 10.5. The summed E-state index contributed by atoms with van der Waals surface area (Å²) in [6.07, 6.45) is -15.2. The number of hydrogen-bond donors (Lipinski definition) is 2. The van der Waals surface area contributed by atoms with Crippen molar-refractivity contribution < 1.29 is 58.5 Å². The number of amides is 2. The van der Waals surface area contributed by atoms with E-state index in [0.717, 1.165) is 30.3 Å². The molecule has 0 radical (unpaired) electrons. The first-order valence-electron chi connectivity index (χ1n) is 13.6. The Morgan fingerprint density at radius 2 is 1.09 bits per heavy atom. The minimum Gasteiger partial charge on any atom is -0.406 e. The van der Waals surface area contributed by atoms with E-state index in [1.54, 1.807) is 30.3 Å². The van der Waals surface area contributed by atoms with Crippen LogP contribution in [0.5, 0.6) is 17.2 Å². The molecule has 0 bridgehead atoms. The molecule has 4 rings (SSSR count). The highest BCUT2D eigenvalue weighted by molar-refractivity contribution is 5.74. The number of benzene rings is 4. The zero-order valence-electron chi connectivity index (χ0n) is 24.0. The van der Waals surface area contributed by atoms with Crippen LogP contribution in [0.2, 0.25) is 0 Å². The molecule has 4 aromatic carbocycles. The first kappa shape index (κ1) is 34.8. The van der Waals surface area contributed by atoms with E-state index in [4.69, 9.17) is 0 Å². The molecule has 4 aromatic rings. The average Bonchev–Trinajstić information content (AvgIpc) is 2.97. The van der Waals surface area contributed by atoms with Crippen molar-refractivity contribution in [1.82, 2.24) is 10.6 Å². The molecule has 0 saturated heterocycles. The van der Waals surface area contributed by atoms with Gasteiger partial charge in [0.15, 0.2) is 0 Å². The number of para-hydroxylation sites is 1. The Labute approximate surface area is 262 Å². The van der Waals surface area contributed by atoms with Crippen LogP contribution in [-0.2, 0) is 18.4 Å². The zero-order valence-corrected chi connectivity index (χ0v) is 24.0. The van der Waals surface area contributed by atoms with E-state index in [2.05, 4.69) is 24.8 Å². The highest BCUT2D eigenvalue weighted by Gasteiger charge is 2.39. The minimum atomic E-state index is -5.06. The van der Waals surface area contributed by atoms with E-state index in [9.17, 15) is 44.3 Å². The van der Waals surface area contributed by atoms with Crippen LogP contribution >= 0.6 is 0 Å². The molecule has 250 valence electrons. The minimum absolute atomic E-state index is 0.0236. The summed E-state index contributed by atoms with van der Waals surface area (Å²) in [7, 11) is 0. The number of rotatable bonds is 11. The molecule has 0 saturated carbocycles. The third-order valence-corrected chi connectivity index (χ3v) is 6.78. The molecule has 15 heteroatoms. The molecule has 47 heavy (non-hydrogen) atoms. The van der Waals surface area contributed by atoms with Crippen molar-refractivity contribution in [2.75, 3.05) is 6.54 Å². The Balaban J connectivity index is 1.74. The molecule has 0 heterocycles. The number of carbonyl (C=O) groups excluding carboxylic acids is 1. The number of ether oxygens (including phenoxy) is 3. The lowest BCUT2D eigenvalue weighted by atomic mass is 9.70. The monoisotopic (exact) mass is 672 g/mol. The van der Waals surface area contributed by atoms with Crippen LogP contribution in [0.25, 0.3) is 0 Å². The third kappa shape index (κ3) is 10.5. The van der Waals surface area contributed by atoms with Gasteiger partial charge in [-0.3, -0.25) is 0 Å². The second kappa shape index (κ2) is 14.1. The molecule has 0 aromatic heterocycles. The van der Waals surface area contributed by atoms with Crippen molar-refractivity contribution >= 4 is 6.03 Å². The lowest BCUT2D eigenvalue weighted by Crippen LogP contribution is -2.46. The molecule has 0 spiro atoms. The molecular formula is C32H25F9N2O4. The summed E-state index contributed by atoms with van der Waals surface area (Å²) >= 11 is 0. The van der Waals surface area contributed by atoms with E-state index in [0.29, 0.717) is 5.56 Å². The molecule has 6 nitrogen and oxygen atoms in total. The lowest BCUT2D eigenvalue weighted by Gasteiger charge is -2.36. The lowest BCUT2D eigenvalue weighted by molar-refractivity contribution is -0.275. The molecule has 0 unspecified atom stereocenters. The molecule has 0 aliphatic rings. The number of halogens is 9. The molecule has 0 aliphatic heterocycles. The molecule has 0 aliphatic carbocycles. The van der Waals surface area contributed by atoms with Crippen LogP contribution in [0.1, 0.15) is 22.3 Å². The normalized spacial score (nSPS) is 12.3. The topological polar surface area (TPSA) is 68.8 Å².